The van der Waals surface area contributed by atoms with Gasteiger partial charge in [-0.05, 0) is 31.6 Å². The fourth-order valence-corrected chi connectivity index (χ4v) is 2.34. The van der Waals surface area contributed by atoms with Gasteiger partial charge in [-0.25, -0.2) is 0 Å². The maximum Gasteiger partial charge on any atom is 0.274 e. The Kier molecular flexibility index (Phi) is 3.36. The summed E-state index contributed by atoms with van der Waals surface area (Å²) in [5, 5.41) is 7.09. The third-order valence-corrected chi connectivity index (χ3v) is 3.42. The molecule has 5 nitrogen and oxygen atoms in total. The number of hydrogen-bond donors (Lipinski definition) is 2. The first-order chi connectivity index (χ1) is 8.06. The van der Waals surface area contributed by atoms with Gasteiger partial charge >= 0.3 is 0 Å². The quantitative estimate of drug-likeness (QED) is 0.813. The maximum atomic E-state index is 12.0. The summed E-state index contributed by atoms with van der Waals surface area (Å²) >= 11 is 0. The number of hydrogen-bond acceptors (Lipinski definition) is 3. The van der Waals surface area contributed by atoms with Gasteiger partial charge in [0, 0.05) is 19.3 Å². The smallest absolute Gasteiger partial charge is 0.274 e. The molecule has 1 fully saturated rings. The van der Waals surface area contributed by atoms with Crippen molar-refractivity contribution >= 4 is 11.6 Å². The molecule has 94 valence electrons. The number of anilines is 1. The van der Waals surface area contributed by atoms with E-state index in [2.05, 4.69) is 17.3 Å². The van der Waals surface area contributed by atoms with Crippen LogP contribution in [-0.2, 0) is 7.05 Å². The first-order valence-corrected chi connectivity index (χ1v) is 6.16. The summed E-state index contributed by atoms with van der Waals surface area (Å²) in [6, 6.07) is 0.278. The van der Waals surface area contributed by atoms with E-state index in [9.17, 15) is 4.79 Å². The van der Waals surface area contributed by atoms with Crippen molar-refractivity contribution in [3.63, 3.8) is 0 Å². The summed E-state index contributed by atoms with van der Waals surface area (Å²) in [6.07, 6.45) is 6.13. The Morgan fingerprint density at radius 2 is 2.12 bits per heavy atom. The molecule has 0 aromatic carbocycles. The van der Waals surface area contributed by atoms with Gasteiger partial charge in [0.1, 0.15) is 0 Å². The van der Waals surface area contributed by atoms with E-state index in [0.29, 0.717) is 11.4 Å². The Bertz CT molecular complexity index is 405. The Morgan fingerprint density at radius 3 is 2.65 bits per heavy atom. The summed E-state index contributed by atoms with van der Waals surface area (Å²) in [6.45, 7) is 2.26. The molecule has 1 heterocycles. The van der Waals surface area contributed by atoms with E-state index in [1.165, 1.54) is 12.8 Å². The zero-order valence-electron chi connectivity index (χ0n) is 10.4. The number of nitrogens with zero attached hydrogens (tertiary/aromatic N) is 2. The van der Waals surface area contributed by atoms with Crippen LogP contribution in [0.5, 0.6) is 0 Å². The van der Waals surface area contributed by atoms with Crippen LogP contribution in [-0.4, -0.2) is 21.7 Å². The number of carbonyl (C=O) groups excluding carboxylic acids is 1. The lowest BCUT2D eigenvalue weighted by Gasteiger charge is -2.26. The van der Waals surface area contributed by atoms with Gasteiger partial charge < -0.3 is 11.1 Å². The number of carbonyl (C=O) groups is 1. The van der Waals surface area contributed by atoms with Crippen LogP contribution in [0.25, 0.3) is 0 Å². The Hall–Kier alpha value is -1.52. The van der Waals surface area contributed by atoms with Crippen LogP contribution in [0.4, 0.5) is 5.69 Å². The van der Waals surface area contributed by atoms with E-state index >= 15 is 0 Å². The highest BCUT2D eigenvalue weighted by atomic mass is 16.2. The van der Waals surface area contributed by atoms with Gasteiger partial charge in [0.25, 0.3) is 5.91 Å². The molecular formula is C12H20N4O. The van der Waals surface area contributed by atoms with Crippen LogP contribution in [0, 0.1) is 5.92 Å². The number of rotatable bonds is 2. The standard InChI is InChI=1S/C12H20N4O/c1-8-3-5-9(6-4-8)14-12(17)11-10(13)7-16(2)15-11/h7-9H,3-6,13H2,1-2H3,(H,14,17). The molecule has 1 aromatic rings. The largest absolute Gasteiger partial charge is 0.396 e. The minimum absolute atomic E-state index is 0.150. The molecule has 0 bridgehead atoms. The third kappa shape index (κ3) is 2.78. The molecule has 0 saturated heterocycles. The van der Waals surface area contributed by atoms with E-state index < -0.39 is 0 Å². The molecule has 0 radical (unpaired) electrons. The molecule has 0 atom stereocenters. The minimum atomic E-state index is -0.150. The van der Waals surface area contributed by atoms with Gasteiger partial charge in [-0.1, -0.05) is 6.92 Å². The van der Waals surface area contributed by atoms with Gasteiger partial charge in [-0.3, -0.25) is 9.48 Å². The van der Waals surface area contributed by atoms with Gasteiger partial charge in [-0.2, -0.15) is 5.10 Å². The van der Waals surface area contributed by atoms with Gasteiger partial charge in [-0.15, -0.1) is 0 Å². The van der Waals surface area contributed by atoms with Crippen molar-refractivity contribution < 1.29 is 4.79 Å². The average Bonchev–Trinajstić information content (AvgIpc) is 2.61. The zero-order chi connectivity index (χ0) is 12.4. The molecule has 0 aliphatic heterocycles. The summed E-state index contributed by atoms with van der Waals surface area (Å²) in [7, 11) is 1.76. The Morgan fingerprint density at radius 1 is 1.47 bits per heavy atom. The number of amides is 1. The van der Waals surface area contributed by atoms with Crippen LogP contribution in [0.2, 0.25) is 0 Å². The minimum Gasteiger partial charge on any atom is -0.396 e. The van der Waals surface area contributed by atoms with Crippen LogP contribution in [0.3, 0.4) is 0 Å². The van der Waals surface area contributed by atoms with Gasteiger partial charge in [0.2, 0.25) is 0 Å². The summed E-state index contributed by atoms with van der Waals surface area (Å²) < 4.78 is 1.56. The van der Waals surface area contributed by atoms with E-state index in [0.717, 1.165) is 18.8 Å². The first-order valence-electron chi connectivity index (χ1n) is 6.16. The van der Waals surface area contributed by atoms with Gasteiger partial charge in [0.15, 0.2) is 5.69 Å². The fourth-order valence-electron chi connectivity index (χ4n) is 2.34. The molecular weight excluding hydrogens is 216 g/mol. The molecule has 1 aromatic heterocycles. The molecule has 1 aliphatic carbocycles. The van der Waals surface area contributed by atoms with Crippen LogP contribution in [0.1, 0.15) is 43.1 Å². The van der Waals surface area contributed by atoms with Crippen molar-refractivity contribution in [3.8, 4) is 0 Å². The predicted molar refractivity (Wildman–Crippen MR) is 66.5 cm³/mol. The second-order valence-corrected chi connectivity index (χ2v) is 5.04. The highest BCUT2D eigenvalue weighted by Crippen LogP contribution is 2.23. The van der Waals surface area contributed by atoms with E-state index in [-0.39, 0.29) is 11.9 Å². The first kappa shape index (κ1) is 12.0. The average molecular weight is 236 g/mol. The molecule has 1 saturated carbocycles. The van der Waals surface area contributed by atoms with Crippen molar-refractivity contribution in [3.05, 3.63) is 11.9 Å². The lowest BCUT2D eigenvalue weighted by Crippen LogP contribution is -2.37. The molecule has 0 spiro atoms. The van der Waals surface area contributed by atoms with Crippen molar-refractivity contribution in [2.75, 3.05) is 5.73 Å². The third-order valence-electron chi connectivity index (χ3n) is 3.42. The number of aromatic nitrogens is 2. The molecule has 17 heavy (non-hydrogen) atoms. The lowest BCUT2D eigenvalue weighted by atomic mass is 9.87. The second-order valence-electron chi connectivity index (χ2n) is 5.04. The fraction of sp³-hybridized carbons (Fsp3) is 0.667. The van der Waals surface area contributed by atoms with Crippen molar-refractivity contribution in [1.29, 1.82) is 0 Å². The Labute approximate surface area is 101 Å². The van der Waals surface area contributed by atoms with Crippen LogP contribution < -0.4 is 11.1 Å². The van der Waals surface area contributed by atoms with E-state index in [4.69, 9.17) is 5.73 Å². The second kappa shape index (κ2) is 4.77. The molecule has 1 aliphatic rings. The molecule has 1 amide bonds. The molecule has 2 rings (SSSR count). The normalized spacial score (nSPS) is 24.6. The number of nitrogens with two attached hydrogens (primary N) is 1. The summed E-state index contributed by atoms with van der Waals surface area (Å²) in [5.74, 6) is 0.630. The van der Waals surface area contributed by atoms with E-state index in [1.807, 2.05) is 0 Å². The topological polar surface area (TPSA) is 72.9 Å². The summed E-state index contributed by atoms with van der Waals surface area (Å²) in [5.41, 5.74) is 6.50. The molecule has 5 heteroatoms. The molecule has 3 N–H and O–H groups in total. The predicted octanol–water partition coefficient (Wildman–Crippen LogP) is 1.31. The summed E-state index contributed by atoms with van der Waals surface area (Å²) in [4.78, 5) is 12.0. The van der Waals surface area contributed by atoms with Crippen LogP contribution in [0.15, 0.2) is 6.20 Å². The highest BCUT2D eigenvalue weighted by molar-refractivity contribution is 5.97. The lowest BCUT2D eigenvalue weighted by molar-refractivity contribution is 0.0918. The number of nitrogens with one attached hydrogen (secondary N) is 1. The Balaban J connectivity index is 1.95. The van der Waals surface area contributed by atoms with Crippen LogP contribution >= 0.6 is 0 Å². The monoisotopic (exact) mass is 236 g/mol. The number of aryl methyl sites for hydroxylation is 1. The SMILES string of the molecule is CC1CCC(NC(=O)c2nn(C)cc2N)CC1. The van der Waals surface area contributed by atoms with Crippen molar-refractivity contribution in [2.24, 2.45) is 13.0 Å². The van der Waals surface area contributed by atoms with E-state index in [1.54, 1.807) is 17.9 Å². The zero-order valence-corrected chi connectivity index (χ0v) is 10.4. The maximum absolute atomic E-state index is 12.0. The van der Waals surface area contributed by atoms with Gasteiger partial charge in [0.05, 0.1) is 5.69 Å². The highest BCUT2D eigenvalue weighted by Gasteiger charge is 2.22. The van der Waals surface area contributed by atoms with Crippen molar-refractivity contribution in [1.82, 2.24) is 15.1 Å². The van der Waals surface area contributed by atoms with Crippen molar-refractivity contribution in [2.45, 2.75) is 38.6 Å². The molecule has 0 unspecified atom stereocenters. The number of nitrogen functional groups attached to an aromatic ring is 1.